The highest BCUT2D eigenvalue weighted by Gasteiger charge is 2.52. The second kappa shape index (κ2) is 13.0. The Morgan fingerprint density at radius 3 is 2.47 bits per heavy atom. The summed E-state index contributed by atoms with van der Waals surface area (Å²) in [4.78, 5) is 12.8. The van der Waals surface area contributed by atoms with Crippen molar-refractivity contribution in [1.29, 1.82) is 0 Å². The van der Waals surface area contributed by atoms with Crippen molar-refractivity contribution >= 4 is 5.97 Å². The average molecular weight is 447 g/mol. The van der Waals surface area contributed by atoms with Crippen LogP contribution in [-0.2, 0) is 14.3 Å². The number of hydrogen-bond donors (Lipinski definition) is 0. The first-order valence-corrected chi connectivity index (χ1v) is 13.4. The number of rotatable bonds is 9. The predicted molar refractivity (Wildman–Crippen MR) is 135 cm³/mol. The monoisotopic (exact) mass is 446 g/mol. The summed E-state index contributed by atoms with van der Waals surface area (Å²) in [7, 11) is 0. The Labute approximate surface area is 198 Å². The summed E-state index contributed by atoms with van der Waals surface area (Å²) in [6, 6.07) is 0. The maximum absolute atomic E-state index is 12.8. The molecule has 2 aliphatic heterocycles. The third-order valence-corrected chi connectivity index (χ3v) is 7.85. The first kappa shape index (κ1) is 27.2. The second-order valence-electron chi connectivity index (χ2n) is 11.0. The number of carbonyl (C=O) groups excluding carboxylic acids is 1. The zero-order valence-electron chi connectivity index (χ0n) is 21.9. The molecule has 0 radical (unpaired) electrons. The molecule has 0 amide bonds. The minimum atomic E-state index is -0.406. The summed E-state index contributed by atoms with van der Waals surface area (Å²) < 4.78 is 13.1. The van der Waals surface area contributed by atoms with Crippen molar-refractivity contribution in [3.05, 3.63) is 23.3 Å². The third kappa shape index (κ3) is 8.04. The lowest BCUT2D eigenvalue weighted by Gasteiger charge is -2.39. The lowest BCUT2D eigenvalue weighted by atomic mass is 9.82. The molecule has 0 saturated carbocycles. The van der Waals surface area contributed by atoms with Gasteiger partial charge in [0, 0.05) is 6.42 Å². The molecular formula is C29H50O3. The first-order valence-electron chi connectivity index (χ1n) is 13.4. The van der Waals surface area contributed by atoms with Crippen molar-refractivity contribution in [3.8, 4) is 0 Å². The van der Waals surface area contributed by atoms with Gasteiger partial charge in [0.05, 0.1) is 5.60 Å². The van der Waals surface area contributed by atoms with Gasteiger partial charge in [-0.3, -0.25) is 4.79 Å². The van der Waals surface area contributed by atoms with E-state index in [1.165, 1.54) is 36.8 Å². The minimum Gasteiger partial charge on any atom is -0.459 e. The molecule has 1 saturated heterocycles. The van der Waals surface area contributed by atoms with Gasteiger partial charge in [-0.15, -0.1) is 0 Å². The highest BCUT2D eigenvalue weighted by Crippen LogP contribution is 2.48. The molecule has 0 unspecified atom stereocenters. The molecule has 2 heterocycles. The fraction of sp³-hybridized carbons (Fsp3) is 0.828. The van der Waals surface area contributed by atoms with Gasteiger partial charge in [0.15, 0.2) is 0 Å². The Bertz CT molecular complexity index is 647. The third-order valence-electron chi connectivity index (χ3n) is 7.85. The van der Waals surface area contributed by atoms with Crippen LogP contribution in [0.4, 0.5) is 0 Å². The van der Waals surface area contributed by atoms with Gasteiger partial charge >= 0.3 is 5.97 Å². The molecule has 3 atom stereocenters. The van der Waals surface area contributed by atoms with Crippen LogP contribution in [0.25, 0.3) is 0 Å². The molecule has 184 valence electrons. The van der Waals surface area contributed by atoms with E-state index in [9.17, 15) is 4.79 Å². The summed E-state index contributed by atoms with van der Waals surface area (Å²) in [5, 5.41) is 0. The van der Waals surface area contributed by atoms with Crippen LogP contribution in [-0.4, -0.2) is 23.3 Å². The highest BCUT2D eigenvalue weighted by molar-refractivity contribution is 5.69. The normalized spacial score (nSPS) is 32.8. The van der Waals surface area contributed by atoms with E-state index in [0.29, 0.717) is 12.3 Å². The van der Waals surface area contributed by atoms with Crippen LogP contribution in [0.1, 0.15) is 131 Å². The van der Waals surface area contributed by atoms with Crippen molar-refractivity contribution < 1.29 is 14.3 Å². The van der Waals surface area contributed by atoms with E-state index < -0.39 is 5.60 Å². The van der Waals surface area contributed by atoms with Crippen molar-refractivity contribution in [3.63, 3.8) is 0 Å². The number of carbonyl (C=O) groups is 1. The second-order valence-corrected chi connectivity index (χ2v) is 11.0. The standard InChI is InChI=1S/C29H50O3/c1-7-8-9-10-11-12-16-27(30)31-26-18-17-24(4)14-13-15-25(5)19-20-29(23(2)3)22-21-28(26,6)32-29/h14,19,23,26H,7-13,15-18,20-22H2,1-6H3/b24-14+,25-19+/t26-,28+,29+/m0/s1. The molecule has 3 heteroatoms. The molecular weight excluding hydrogens is 396 g/mol. The van der Waals surface area contributed by atoms with Gasteiger partial charge in [0.25, 0.3) is 0 Å². The summed E-state index contributed by atoms with van der Waals surface area (Å²) in [6.45, 7) is 13.4. The Morgan fingerprint density at radius 2 is 1.75 bits per heavy atom. The molecule has 0 aliphatic carbocycles. The van der Waals surface area contributed by atoms with Gasteiger partial charge < -0.3 is 9.47 Å². The number of unbranched alkanes of at least 4 members (excludes halogenated alkanes) is 5. The van der Waals surface area contributed by atoms with Crippen LogP contribution in [0, 0.1) is 5.92 Å². The van der Waals surface area contributed by atoms with Gasteiger partial charge in [-0.2, -0.15) is 0 Å². The average Bonchev–Trinajstić information content (AvgIpc) is 3.11. The van der Waals surface area contributed by atoms with E-state index in [1.54, 1.807) is 0 Å². The van der Waals surface area contributed by atoms with Crippen LogP contribution in [0.15, 0.2) is 23.3 Å². The SMILES string of the molecule is CCCCCCCCC(=O)O[C@H]1CC/C(C)=C/CC/C(C)=C/C[C@]2(C(C)C)CC[C@@]1(C)O2. The number of ether oxygens (including phenoxy) is 2. The van der Waals surface area contributed by atoms with E-state index in [1.807, 2.05) is 0 Å². The quantitative estimate of drug-likeness (QED) is 0.202. The number of allylic oxidation sites excluding steroid dienone is 3. The van der Waals surface area contributed by atoms with Crippen molar-refractivity contribution in [2.45, 2.75) is 149 Å². The predicted octanol–water partition coefficient (Wildman–Crippen LogP) is 8.47. The van der Waals surface area contributed by atoms with Crippen LogP contribution in [0.5, 0.6) is 0 Å². The Balaban J connectivity index is 2.10. The number of fused-ring (bicyclic) bond motifs is 2. The molecule has 0 aromatic heterocycles. The van der Waals surface area contributed by atoms with Gasteiger partial charge in [-0.25, -0.2) is 0 Å². The van der Waals surface area contributed by atoms with E-state index in [-0.39, 0.29) is 17.7 Å². The number of esters is 1. The lowest BCUT2D eigenvalue weighted by Crippen LogP contribution is -2.46. The Hall–Kier alpha value is -1.09. The van der Waals surface area contributed by atoms with Crippen molar-refractivity contribution in [2.75, 3.05) is 0 Å². The van der Waals surface area contributed by atoms with Crippen LogP contribution in [0.2, 0.25) is 0 Å². The largest absolute Gasteiger partial charge is 0.459 e. The summed E-state index contributed by atoms with van der Waals surface area (Å²) in [5.74, 6) is 0.386. The van der Waals surface area contributed by atoms with Gasteiger partial charge in [-0.05, 0) is 78.1 Å². The molecule has 3 nitrogen and oxygen atoms in total. The minimum absolute atomic E-state index is 0.0425. The van der Waals surface area contributed by atoms with E-state index >= 15 is 0 Å². The van der Waals surface area contributed by atoms with Gasteiger partial charge in [-0.1, -0.05) is 76.2 Å². The molecule has 0 aromatic carbocycles. The maximum atomic E-state index is 12.8. The topological polar surface area (TPSA) is 35.5 Å². The lowest BCUT2D eigenvalue weighted by molar-refractivity contribution is -0.188. The fourth-order valence-electron chi connectivity index (χ4n) is 5.25. The van der Waals surface area contributed by atoms with E-state index in [0.717, 1.165) is 57.8 Å². The Morgan fingerprint density at radius 1 is 1.06 bits per heavy atom. The molecule has 0 spiro atoms. The number of hydrogen-bond acceptors (Lipinski definition) is 3. The van der Waals surface area contributed by atoms with Crippen molar-refractivity contribution in [1.82, 2.24) is 0 Å². The summed E-state index contributed by atoms with van der Waals surface area (Å²) >= 11 is 0. The van der Waals surface area contributed by atoms with Crippen molar-refractivity contribution in [2.24, 2.45) is 5.92 Å². The van der Waals surface area contributed by atoms with E-state index in [4.69, 9.17) is 9.47 Å². The fourth-order valence-corrected chi connectivity index (χ4v) is 5.25. The van der Waals surface area contributed by atoms with E-state index in [2.05, 4.69) is 53.7 Å². The molecule has 2 aliphatic rings. The Kier molecular flexibility index (Phi) is 11.0. The molecule has 0 aromatic rings. The summed E-state index contributed by atoms with van der Waals surface area (Å²) in [6.07, 6.45) is 19.2. The first-order chi connectivity index (χ1) is 15.2. The van der Waals surface area contributed by atoms with Gasteiger partial charge in [0.2, 0.25) is 0 Å². The van der Waals surface area contributed by atoms with Crippen LogP contribution < -0.4 is 0 Å². The van der Waals surface area contributed by atoms with Gasteiger partial charge in [0.1, 0.15) is 11.7 Å². The van der Waals surface area contributed by atoms with Crippen LogP contribution >= 0.6 is 0 Å². The zero-order valence-corrected chi connectivity index (χ0v) is 21.9. The maximum Gasteiger partial charge on any atom is 0.306 e. The molecule has 2 rings (SSSR count). The van der Waals surface area contributed by atoms with Crippen LogP contribution in [0.3, 0.4) is 0 Å². The highest BCUT2D eigenvalue weighted by atomic mass is 16.6. The zero-order chi connectivity index (χ0) is 23.6. The smallest absolute Gasteiger partial charge is 0.306 e. The molecule has 1 fully saturated rings. The molecule has 0 N–H and O–H groups in total. The molecule has 2 bridgehead atoms. The molecule has 32 heavy (non-hydrogen) atoms. The summed E-state index contributed by atoms with van der Waals surface area (Å²) in [5.41, 5.74) is 2.28.